The average molecular weight is 304 g/mol. The third-order valence-corrected chi connectivity index (χ3v) is 3.21. The van der Waals surface area contributed by atoms with E-state index >= 15 is 0 Å². The Morgan fingerprint density at radius 3 is 2.50 bits per heavy atom. The van der Waals surface area contributed by atoms with E-state index in [1.54, 1.807) is 18.2 Å². The molecule has 2 rings (SSSR count). The second kappa shape index (κ2) is 5.16. The predicted molar refractivity (Wildman–Crippen MR) is 70.2 cm³/mol. The number of hydrogen-bond acceptors (Lipinski definition) is 6. The number of anilines is 2. The minimum atomic E-state index is -4.53. The molecule has 9 heteroatoms. The molecule has 0 spiro atoms. The Hall–Kier alpha value is -2.03. The van der Waals surface area contributed by atoms with Crippen LogP contribution in [0.5, 0.6) is 10.9 Å². The zero-order chi connectivity index (χ0) is 14.9. The van der Waals surface area contributed by atoms with Crippen LogP contribution < -0.4 is 15.4 Å². The second-order valence-electron chi connectivity index (χ2n) is 4.09. The number of nitrogens with zero attached hydrogens (tertiary/aromatic N) is 3. The SMILES string of the molecule is CN(C)c1ccc(N)c(Oc2nnc(C(F)(F)F)s2)c1. The number of halogens is 3. The molecule has 0 radical (unpaired) electrons. The molecule has 0 aliphatic rings. The number of aromatic nitrogens is 2. The topological polar surface area (TPSA) is 64.3 Å². The van der Waals surface area contributed by atoms with Crippen LogP contribution in [-0.4, -0.2) is 24.3 Å². The van der Waals surface area contributed by atoms with Gasteiger partial charge in [-0.05, 0) is 12.1 Å². The Balaban J connectivity index is 2.26. The average Bonchev–Trinajstić information content (AvgIpc) is 2.80. The van der Waals surface area contributed by atoms with E-state index in [0.29, 0.717) is 17.0 Å². The maximum atomic E-state index is 12.4. The lowest BCUT2D eigenvalue weighted by Gasteiger charge is -2.14. The normalized spacial score (nSPS) is 11.4. The number of hydrogen-bond donors (Lipinski definition) is 1. The summed E-state index contributed by atoms with van der Waals surface area (Å²) in [6, 6.07) is 4.99. The van der Waals surface area contributed by atoms with E-state index in [-0.39, 0.29) is 10.9 Å². The van der Waals surface area contributed by atoms with E-state index in [2.05, 4.69) is 10.2 Å². The Morgan fingerprint density at radius 2 is 1.95 bits per heavy atom. The van der Waals surface area contributed by atoms with Gasteiger partial charge in [-0.3, -0.25) is 0 Å². The predicted octanol–water partition coefficient (Wildman–Crippen LogP) is 3.00. The highest BCUT2D eigenvalue weighted by Gasteiger charge is 2.36. The monoisotopic (exact) mass is 304 g/mol. The molecule has 0 atom stereocenters. The van der Waals surface area contributed by atoms with E-state index in [4.69, 9.17) is 10.5 Å². The summed E-state index contributed by atoms with van der Waals surface area (Å²) in [6.07, 6.45) is -4.53. The van der Waals surface area contributed by atoms with Gasteiger partial charge in [0.15, 0.2) is 5.75 Å². The third-order valence-electron chi connectivity index (χ3n) is 2.36. The first-order valence-corrected chi connectivity index (χ1v) is 6.24. The lowest BCUT2D eigenvalue weighted by molar-refractivity contribution is -0.138. The second-order valence-corrected chi connectivity index (χ2v) is 5.03. The van der Waals surface area contributed by atoms with Gasteiger partial charge in [0.2, 0.25) is 5.01 Å². The molecule has 1 aromatic heterocycles. The Bertz CT molecular complexity index is 612. The quantitative estimate of drug-likeness (QED) is 0.883. The van der Waals surface area contributed by atoms with Crippen molar-refractivity contribution in [2.75, 3.05) is 24.7 Å². The first-order chi connectivity index (χ1) is 9.27. The summed E-state index contributed by atoms with van der Waals surface area (Å²) in [7, 11) is 3.64. The fourth-order valence-corrected chi connectivity index (χ4v) is 1.93. The molecule has 2 aromatic rings. The summed E-state index contributed by atoms with van der Waals surface area (Å²) in [5.74, 6) is 0.237. The van der Waals surface area contributed by atoms with E-state index in [1.165, 1.54) is 0 Å². The van der Waals surface area contributed by atoms with Crippen molar-refractivity contribution in [2.45, 2.75) is 6.18 Å². The van der Waals surface area contributed by atoms with Gasteiger partial charge in [-0.1, -0.05) is 16.4 Å². The molecule has 5 nitrogen and oxygen atoms in total. The van der Waals surface area contributed by atoms with E-state index in [9.17, 15) is 13.2 Å². The Morgan fingerprint density at radius 1 is 1.25 bits per heavy atom. The zero-order valence-corrected chi connectivity index (χ0v) is 11.4. The van der Waals surface area contributed by atoms with E-state index in [1.807, 2.05) is 19.0 Å². The molecule has 1 aromatic carbocycles. The molecule has 0 saturated carbocycles. The van der Waals surface area contributed by atoms with Crippen LogP contribution in [0.15, 0.2) is 18.2 Å². The molecule has 20 heavy (non-hydrogen) atoms. The highest BCUT2D eigenvalue weighted by molar-refractivity contribution is 7.13. The summed E-state index contributed by atoms with van der Waals surface area (Å²) in [5, 5.41) is 5.12. The van der Waals surface area contributed by atoms with Crippen LogP contribution in [0.3, 0.4) is 0 Å². The molecule has 2 N–H and O–H groups in total. The fourth-order valence-electron chi connectivity index (χ4n) is 1.35. The van der Waals surface area contributed by atoms with Crippen LogP contribution in [-0.2, 0) is 6.18 Å². The number of rotatable bonds is 3. The number of nitrogens with two attached hydrogens (primary N) is 1. The molecule has 1 heterocycles. The van der Waals surface area contributed by atoms with Gasteiger partial charge < -0.3 is 15.4 Å². The van der Waals surface area contributed by atoms with Crippen molar-refractivity contribution in [2.24, 2.45) is 0 Å². The first kappa shape index (κ1) is 14.4. The van der Waals surface area contributed by atoms with Gasteiger partial charge in [0.25, 0.3) is 5.19 Å². The third kappa shape index (κ3) is 3.10. The van der Waals surface area contributed by atoms with Crippen LogP contribution in [0.2, 0.25) is 0 Å². The van der Waals surface area contributed by atoms with Gasteiger partial charge in [-0.25, -0.2) is 0 Å². The van der Waals surface area contributed by atoms with Crippen LogP contribution in [0, 0.1) is 0 Å². The van der Waals surface area contributed by atoms with Gasteiger partial charge in [-0.2, -0.15) is 13.2 Å². The van der Waals surface area contributed by atoms with Crippen LogP contribution in [0.4, 0.5) is 24.5 Å². The Kier molecular flexibility index (Phi) is 3.71. The van der Waals surface area contributed by atoms with Crippen molar-refractivity contribution >= 4 is 22.7 Å². The molecule has 0 amide bonds. The van der Waals surface area contributed by atoms with Crippen molar-refractivity contribution in [1.82, 2.24) is 10.2 Å². The van der Waals surface area contributed by atoms with Crippen LogP contribution in [0.25, 0.3) is 0 Å². The van der Waals surface area contributed by atoms with Crippen LogP contribution >= 0.6 is 11.3 Å². The molecule has 0 aliphatic carbocycles. The molecular formula is C11H11F3N4OS. The van der Waals surface area contributed by atoms with E-state index in [0.717, 1.165) is 5.69 Å². The summed E-state index contributed by atoms with van der Waals surface area (Å²) >= 11 is 0.319. The number of benzene rings is 1. The highest BCUT2D eigenvalue weighted by Crippen LogP contribution is 2.37. The molecule has 0 fully saturated rings. The number of nitrogen functional groups attached to an aromatic ring is 1. The standard InChI is InChI=1S/C11H11F3N4OS/c1-18(2)6-3-4-7(15)8(5-6)19-10-17-16-9(20-10)11(12,13)14/h3-5H,15H2,1-2H3. The lowest BCUT2D eigenvalue weighted by Crippen LogP contribution is -2.08. The van der Waals surface area contributed by atoms with Gasteiger partial charge in [-0.15, -0.1) is 5.10 Å². The zero-order valence-electron chi connectivity index (χ0n) is 10.6. The molecule has 0 unspecified atom stereocenters. The summed E-state index contributed by atoms with van der Waals surface area (Å²) < 4.78 is 42.5. The highest BCUT2D eigenvalue weighted by atomic mass is 32.1. The maximum absolute atomic E-state index is 12.4. The van der Waals surface area contributed by atoms with Crippen molar-refractivity contribution in [3.8, 4) is 10.9 Å². The number of ether oxygens (including phenoxy) is 1. The molecule has 0 aliphatic heterocycles. The smallest absolute Gasteiger partial charge is 0.428 e. The first-order valence-electron chi connectivity index (χ1n) is 5.43. The molecular weight excluding hydrogens is 293 g/mol. The van der Waals surface area contributed by atoms with Crippen LogP contribution in [0.1, 0.15) is 5.01 Å². The minimum Gasteiger partial charge on any atom is -0.428 e. The minimum absolute atomic E-state index is 0.208. The van der Waals surface area contributed by atoms with Gasteiger partial charge in [0, 0.05) is 25.8 Å². The summed E-state index contributed by atoms with van der Waals surface area (Å²) in [4.78, 5) is 1.81. The maximum Gasteiger partial charge on any atom is 0.445 e. The summed E-state index contributed by atoms with van der Waals surface area (Å²) in [5.41, 5.74) is 6.83. The summed E-state index contributed by atoms with van der Waals surface area (Å²) in [6.45, 7) is 0. The van der Waals surface area contributed by atoms with Crippen molar-refractivity contribution in [3.63, 3.8) is 0 Å². The molecule has 0 saturated heterocycles. The molecule has 108 valence electrons. The largest absolute Gasteiger partial charge is 0.445 e. The number of alkyl halides is 3. The Labute approximate surface area is 116 Å². The van der Waals surface area contributed by atoms with Gasteiger partial charge in [0.1, 0.15) is 0 Å². The van der Waals surface area contributed by atoms with Crippen molar-refractivity contribution in [3.05, 3.63) is 23.2 Å². The van der Waals surface area contributed by atoms with Crippen molar-refractivity contribution < 1.29 is 17.9 Å². The van der Waals surface area contributed by atoms with E-state index < -0.39 is 11.2 Å². The van der Waals surface area contributed by atoms with Crippen molar-refractivity contribution in [1.29, 1.82) is 0 Å². The fraction of sp³-hybridized carbons (Fsp3) is 0.273. The molecule has 0 bridgehead atoms. The lowest BCUT2D eigenvalue weighted by atomic mass is 10.2. The van der Waals surface area contributed by atoms with Gasteiger partial charge >= 0.3 is 6.18 Å². The van der Waals surface area contributed by atoms with Gasteiger partial charge in [0.05, 0.1) is 5.69 Å².